The van der Waals surface area contributed by atoms with Crippen LogP contribution in [-0.2, 0) is 4.79 Å². The summed E-state index contributed by atoms with van der Waals surface area (Å²) in [6, 6.07) is 17.2. The SMILES string of the molecule is Cc1ccc([N+](=O)[O-])cc1NC(=O)CSc1nc2ccccc2c(=O)n1-c1c(C)cccc1C. The molecule has 0 radical (unpaired) electrons. The third-order valence-electron chi connectivity index (χ3n) is 5.45. The molecule has 0 bridgehead atoms. The van der Waals surface area contributed by atoms with Gasteiger partial charge in [0.2, 0.25) is 5.91 Å². The van der Waals surface area contributed by atoms with Crippen molar-refractivity contribution in [1.29, 1.82) is 0 Å². The molecule has 0 fully saturated rings. The first-order chi connectivity index (χ1) is 16.3. The van der Waals surface area contributed by atoms with E-state index in [0.29, 0.717) is 27.3 Å². The van der Waals surface area contributed by atoms with Gasteiger partial charge in [-0.3, -0.25) is 24.3 Å². The summed E-state index contributed by atoms with van der Waals surface area (Å²) in [5, 5.41) is 14.7. The molecule has 0 spiro atoms. The number of carbonyl (C=O) groups excluding carboxylic acids is 1. The monoisotopic (exact) mass is 474 g/mol. The fourth-order valence-electron chi connectivity index (χ4n) is 3.74. The fraction of sp³-hybridized carbons (Fsp3) is 0.160. The first kappa shape index (κ1) is 23.2. The van der Waals surface area contributed by atoms with E-state index in [2.05, 4.69) is 10.3 Å². The van der Waals surface area contributed by atoms with Gasteiger partial charge in [-0.1, -0.05) is 48.2 Å². The van der Waals surface area contributed by atoms with Crippen molar-refractivity contribution in [2.24, 2.45) is 0 Å². The maximum absolute atomic E-state index is 13.5. The lowest BCUT2D eigenvalue weighted by atomic mass is 10.1. The Morgan fingerprint density at radius 1 is 1.03 bits per heavy atom. The largest absolute Gasteiger partial charge is 0.325 e. The molecule has 4 aromatic rings. The van der Waals surface area contributed by atoms with E-state index < -0.39 is 4.92 Å². The Labute approximate surface area is 199 Å². The zero-order chi connectivity index (χ0) is 24.4. The molecule has 1 aromatic heterocycles. The van der Waals surface area contributed by atoms with Crippen molar-refractivity contribution in [3.63, 3.8) is 0 Å². The van der Waals surface area contributed by atoms with Crippen LogP contribution in [-0.4, -0.2) is 26.1 Å². The average molecular weight is 475 g/mol. The Hall–Kier alpha value is -3.98. The van der Waals surface area contributed by atoms with Crippen LogP contribution in [0.4, 0.5) is 11.4 Å². The lowest BCUT2D eigenvalue weighted by molar-refractivity contribution is -0.384. The van der Waals surface area contributed by atoms with Crippen molar-refractivity contribution >= 4 is 39.9 Å². The van der Waals surface area contributed by atoms with Crippen LogP contribution >= 0.6 is 11.8 Å². The number of amides is 1. The van der Waals surface area contributed by atoms with Gasteiger partial charge in [0.25, 0.3) is 11.2 Å². The lowest BCUT2D eigenvalue weighted by Crippen LogP contribution is -2.24. The number of hydrogen-bond acceptors (Lipinski definition) is 6. The molecule has 0 atom stereocenters. The number of benzene rings is 3. The Bertz CT molecular complexity index is 1480. The minimum Gasteiger partial charge on any atom is -0.325 e. The molecular weight excluding hydrogens is 452 g/mol. The van der Waals surface area contributed by atoms with Crippen molar-refractivity contribution in [2.75, 3.05) is 11.1 Å². The Balaban J connectivity index is 1.70. The van der Waals surface area contributed by atoms with E-state index in [9.17, 15) is 19.7 Å². The molecule has 8 nitrogen and oxygen atoms in total. The van der Waals surface area contributed by atoms with Gasteiger partial charge in [-0.25, -0.2) is 4.98 Å². The number of aryl methyl sites for hydroxylation is 3. The normalized spacial score (nSPS) is 10.9. The van der Waals surface area contributed by atoms with Crippen molar-refractivity contribution in [2.45, 2.75) is 25.9 Å². The Kier molecular flexibility index (Phi) is 6.47. The highest BCUT2D eigenvalue weighted by molar-refractivity contribution is 7.99. The molecule has 0 aliphatic rings. The quantitative estimate of drug-likeness (QED) is 0.183. The molecule has 0 aliphatic carbocycles. The van der Waals surface area contributed by atoms with Gasteiger partial charge in [0.1, 0.15) is 0 Å². The van der Waals surface area contributed by atoms with Crippen LogP contribution in [0, 0.1) is 30.9 Å². The molecule has 0 saturated heterocycles. The number of rotatable bonds is 6. The van der Waals surface area contributed by atoms with Gasteiger partial charge in [0, 0.05) is 12.1 Å². The predicted molar refractivity (Wildman–Crippen MR) is 134 cm³/mol. The number of carbonyl (C=O) groups is 1. The Morgan fingerprint density at radius 2 is 1.74 bits per heavy atom. The van der Waals surface area contributed by atoms with Crippen molar-refractivity contribution in [1.82, 2.24) is 9.55 Å². The van der Waals surface area contributed by atoms with Crippen LogP contribution in [0.25, 0.3) is 16.6 Å². The zero-order valence-electron chi connectivity index (χ0n) is 18.9. The molecule has 9 heteroatoms. The van der Waals surface area contributed by atoms with Crippen LogP contribution in [0.2, 0.25) is 0 Å². The van der Waals surface area contributed by atoms with Crippen LogP contribution in [0.3, 0.4) is 0 Å². The molecule has 0 saturated carbocycles. The number of thioether (sulfide) groups is 1. The summed E-state index contributed by atoms with van der Waals surface area (Å²) in [6.45, 7) is 5.61. The highest BCUT2D eigenvalue weighted by atomic mass is 32.2. The smallest absolute Gasteiger partial charge is 0.271 e. The molecule has 1 heterocycles. The summed E-state index contributed by atoms with van der Waals surface area (Å²) in [4.78, 5) is 41.5. The maximum atomic E-state index is 13.5. The molecule has 3 aromatic carbocycles. The van der Waals surface area contributed by atoms with Crippen molar-refractivity contribution in [3.05, 3.63) is 97.8 Å². The van der Waals surface area contributed by atoms with Crippen molar-refractivity contribution < 1.29 is 9.72 Å². The number of anilines is 1. The molecule has 0 aliphatic heterocycles. The summed E-state index contributed by atoms with van der Waals surface area (Å²) in [5.41, 5.74) is 3.89. The highest BCUT2D eigenvalue weighted by Crippen LogP contribution is 2.26. The van der Waals surface area contributed by atoms with Gasteiger partial charge in [-0.15, -0.1) is 0 Å². The van der Waals surface area contributed by atoms with E-state index in [1.807, 2.05) is 38.1 Å². The van der Waals surface area contributed by atoms with E-state index in [1.54, 1.807) is 35.8 Å². The number of fused-ring (bicyclic) bond motifs is 1. The van der Waals surface area contributed by atoms with Crippen molar-refractivity contribution in [3.8, 4) is 5.69 Å². The van der Waals surface area contributed by atoms with E-state index in [4.69, 9.17) is 0 Å². The van der Waals surface area contributed by atoms with Gasteiger partial charge in [-0.2, -0.15) is 0 Å². The fourth-order valence-corrected chi connectivity index (χ4v) is 4.54. The highest BCUT2D eigenvalue weighted by Gasteiger charge is 2.18. The van der Waals surface area contributed by atoms with Crippen LogP contribution in [0.1, 0.15) is 16.7 Å². The average Bonchev–Trinajstić information content (AvgIpc) is 2.80. The Morgan fingerprint density at radius 3 is 2.44 bits per heavy atom. The van der Waals surface area contributed by atoms with Gasteiger partial charge < -0.3 is 5.32 Å². The van der Waals surface area contributed by atoms with E-state index in [1.165, 1.54) is 12.1 Å². The predicted octanol–water partition coefficient (Wildman–Crippen LogP) is 4.95. The molecule has 172 valence electrons. The molecule has 0 unspecified atom stereocenters. The number of aromatic nitrogens is 2. The minimum absolute atomic E-state index is 0.0299. The number of nitrogens with one attached hydrogen (secondary N) is 1. The number of hydrogen-bond donors (Lipinski definition) is 1. The number of nitro benzene ring substituents is 1. The van der Waals surface area contributed by atoms with Crippen LogP contribution in [0.5, 0.6) is 0 Å². The molecule has 1 amide bonds. The second-order valence-corrected chi connectivity index (χ2v) is 8.83. The van der Waals surface area contributed by atoms with Crippen LogP contribution in [0.15, 0.2) is 70.6 Å². The lowest BCUT2D eigenvalue weighted by Gasteiger charge is -2.17. The standard InChI is InChI=1S/C25H22N4O4S/c1-15-11-12-18(29(32)33)13-21(15)26-22(30)14-34-25-27-20-10-5-4-9-19(20)24(31)28(25)23-16(2)7-6-8-17(23)3/h4-13H,14H2,1-3H3,(H,26,30). The van der Waals surface area contributed by atoms with E-state index in [0.717, 1.165) is 28.6 Å². The first-order valence-corrected chi connectivity index (χ1v) is 11.5. The number of nitrogens with zero attached hydrogens (tertiary/aromatic N) is 3. The summed E-state index contributed by atoms with van der Waals surface area (Å²) in [5.74, 6) is -0.387. The number of non-ortho nitro benzene ring substituents is 1. The maximum Gasteiger partial charge on any atom is 0.271 e. The van der Waals surface area contributed by atoms with E-state index in [-0.39, 0.29) is 22.9 Å². The number of nitro groups is 1. The minimum atomic E-state index is -0.508. The second-order valence-electron chi connectivity index (χ2n) is 7.89. The van der Waals surface area contributed by atoms with E-state index >= 15 is 0 Å². The third-order valence-corrected chi connectivity index (χ3v) is 6.39. The van der Waals surface area contributed by atoms with Gasteiger partial charge >= 0.3 is 0 Å². The first-order valence-electron chi connectivity index (χ1n) is 10.5. The molecule has 1 N–H and O–H groups in total. The third kappa shape index (κ3) is 4.55. The van der Waals surface area contributed by atoms with Crippen LogP contribution < -0.4 is 10.9 Å². The second kappa shape index (κ2) is 9.48. The molecule has 4 rings (SSSR count). The summed E-state index contributed by atoms with van der Waals surface area (Å²) in [7, 11) is 0. The molecule has 34 heavy (non-hydrogen) atoms. The summed E-state index contributed by atoms with van der Waals surface area (Å²) in [6.07, 6.45) is 0. The van der Waals surface area contributed by atoms with Gasteiger partial charge in [-0.05, 0) is 49.6 Å². The summed E-state index contributed by atoms with van der Waals surface area (Å²) >= 11 is 1.14. The van der Waals surface area contributed by atoms with Gasteiger partial charge in [0.15, 0.2) is 5.16 Å². The number of para-hydroxylation sites is 2. The molecular formula is C25H22N4O4S. The van der Waals surface area contributed by atoms with Gasteiger partial charge in [0.05, 0.1) is 33.0 Å². The topological polar surface area (TPSA) is 107 Å². The zero-order valence-corrected chi connectivity index (χ0v) is 19.7. The summed E-state index contributed by atoms with van der Waals surface area (Å²) < 4.78 is 1.56.